The highest BCUT2D eigenvalue weighted by Gasteiger charge is 2.19. The van der Waals surface area contributed by atoms with Gasteiger partial charge in [0.25, 0.3) is 0 Å². The Kier molecular flexibility index (Phi) is 67.7. The van der Waals surface area contributed by atoms with Gasteiger partial charge in [0.05, 0.1) is 0 Å². The lowest BCUT2D eigenvalue weighted by Gasteiger charge is -2.18. The molecular weight excluding hydrogens is 1020 g/mol. The van der Waals surface area contributed by atoms with Crippen LogP contribution in [0.2, 0.25) is 0 Å². The lowest BCUT2D eigenvalue weighted by molar-refractivity contribution is -0.167. The zero-order chi connectivity index (χ0) is 59.9. The summed E-state index contributed by atoms with van der Waals surface area (Å²) in [6.07, 6.45) is 95.9. The predicted molar refractivity (Wildman–Crippen MR) is 362 cm³/mol. The van der Waals surface area contributed by atoms with E-state index in [0.29, 0.717) is 19.3 Å². The number of rotatable bonds is 65. The first-order chi connectivity index (χ1) is 41.0. The highest BCUT2D eigenvalue weighted by Crippen LogP contribution is 2.18. The largest absolute Gasteiger partial charge is 0.462 e. The average Bonchev–Trinajstić information content (AvgIpc) is 3.50. The molecule has 0 aromatic rings. The maximum atomic E-state index is 12.9. The molecule has 0 saturated heterocycles. The molecule has 0 fully saturated rings. The number of carbonyl (C=O) groups is 3. The van der Waals surface area contributed by atoms with Gasteiger partial charge in [-0.05, 0) is 116 Å². The second kappa shape index (κ2) is 70.8. The van der Waals surface area contributed by atoms with E-state index in [-0.39, 0.29) is 31.1 Å². The van der Waals surface area contributed by atoms with E-state index < -0.39 is 6.10 Å². The Labute approximate surface area is 515 Å². The van der Waals surface area contributed by atoms with Gasteiger partial charge in [-0.25, -0.2) is 0 Å². The van der Waals surface area contributed by atoms with E-state index in [9.17, 15) is 14.4 Å². The molecule has 1 atom stereocenters. The number of allylic oxidation sites excluding steroid dienone is 16. The molecule has 0 N–H and O–H groups in total. The highest BCUT2D eigenvalue weighted by atomic mass is 16.6. The molecule has 6 heteroatoms. The molecule has 0 bridgehead atoms. The summed E-state index contributed by atoms with van der Waals surface area (Å²) in [7, 11) is 0. The van der Waals surface area contributed by atoms with Crippen LogP contribution in [0.5, 0.6) is 0 Å². The summed E-state index contributed by atoms with van der Waals surface area (Å²) in [6, 6.07) is 0. The fourth-order valence-electron chi connectivity index (χ4n) is 10.3. The van der Waals surface area contributed by atoms with Crippen molar-refractivity contribution in [1.82, 2.24) is 0 Å². The summed E-state index contributed by atoms with van der Waals surface area (Å²) < 4.78 is 17.0. The van der Waals surface area contributed by atoms with Gasteiger partial charge in [0.15, 0.2) is 6.10 Å². The third-order valence-corrected chi connectivity index (χ3v) is 15.6. The van der Waals surface area contributed by atoms with Gasteiger partial charge >= 0.3 is 17.9 Å². The van der Waals surface area contributed by atoms with Crippen molar-refractivity contribution in [3.8, 4) is 0 Å². The highest BCUT2D eigenvalue weighted by molar-refractivity contribution is 5.71. The van der Waals surface area contributed by atoms with E-state index in [1.807, 2.05) is 0 Å². The molecule has 0 aromatic carbocycles. The molecule has 0 aliphatic carbocycles. The molecular formula is C77H134O6. The minimum atomic E-state index is -0.797. The van der Waals surface area contributed by atoms with Crippen LogP contribution in [0.15, 0.2) is 97.2 Å². The first kappa shape index (κ1) is 79.3. The fourth-order valence-corrected chi connectivity index (χ4v) is 10.3. The zero-order valence-electron chi connectivity index (χ0n) is 54.9. The number of hydrogen-bond acceptors (Lipinski definition) is 6. The SMILES string of the molecule is CC/C=C\C/C=C\C/C=C\C/C=C\CCCCCCC(=O)OC(COC(=O)CCCCCCCCC/C=C\C/C=C\C/C=C\CC)COC(=O)CCCCCCCCCCCCCCCCCCCCC/C=C\CCCCCCCCCC. The summed E-state index contributed by atoms with van der Waals surface area (Å²) >= 11 is 0. The van der Waals surface area contributed by atoms with Gasteiger partial charge in [0.1, 0.15) is 13.2 Å². The molecule has 0 rings (SSSR count). The van der Waals surface area contributed by atoms with Crippen LogP contribution >= 0.6 is 0 Å². The zero-order valence-corrected chi connectivity index (χ0v) is 54.9. The van der Waals surface area contributed by atoms with Crippen LogP contribution in [0, 0.1) is 0 Å². The van der Waals surface area contributed by atoms with Crippen LogP contribution < -0.4 is 0 Å². The Morgan fingerprint density at radius 2 is 0.470 bits per heavy atom. The van der Waals surface area contributed by atoms with Crippen LogP contribution in [0.1, 0.15) is 355 Å². The van der Waals surface area contributed by atoms with Gasteiger partial charge in [-0.2, -0.15) is 0 Å². The Morgan fingerprint density at radius 1 is 0.253 bits per heavy atom. The summed E-state index contributed by atoms with van der Waals surface area (Å²) in [5, 5.41) is 0. The second-order valence-electron chi connectivity index (χ2n) is 23.7. The molecule has 1 unspecified atom stereocenters. The van der Waals surface area contributed by atoms with Crippen LogP contribution in [0.4, 0.5) is 0 Å². The molecule has 0 radical (unpaired) electrons. The minimum Gasteiger partial charge on any atom is -0.462 e. The van der Waals surface area contributed by atoms with Gasteiger partial charge in [-0.3, -0.25) is 14.4 Å². The fraction of sp³-hybridized carbons (Fsp3) is 0.753. The number of carbonyl (C=O) groups excluding carboxylic acids is 3. The number of hydrogen-bond donors (Lipinski definition) is 0. The Hall–Kier alpha value is -3.67. The van der Waals surface area contributed by atoms with Crippen molar-refractivity contribution in [2.75, 3.05) is 13.2 Å². The molecule has 0 aliphatic rings. The van der Waals surface area contributed by atoms with E-state index in [2.05, 4.69) is 118 Å². The van der Waals surface area contributed by atoms with Crippen molar-refractivity contribution in [2.24, 2.45) is 0 Å². The molecule has 0 aromatic heterocycles. The summed E-state index contributed by atoms with van der Waals surface area (Å²) in [5.74, 6) is -0.908. The van der Waals surface area contributed by atoms with E-state index in [1.165, 1.54) is 193 Å². The Morgan fingerprint density at radius 3 is 0.747 bits per heavy atom. The molecule has 0 saturated carbocycles. The topological polar surface area (TPSA) is 78.9 Å². The van der Waals surface area contributed by atoms with E-state index in [1.54, 1.807) is 0 Å². The maximum Gasteiger partial charge on any atom is 0.306 e. The smallest absolute Gasteiger partial charge is 0.306 e. The van der Waals surface area contributed by atoms with Crippen molar-refractivity contribution in [3.05, 3.63) is 97.2 Å². The standard InChI is InChI=1S/C77H134O6/c1-4-7-10-13-16-19-22-25-28-31-32-33-34-35-36-37-38-39-40-41-42-43-44-47-49-52-55-58-61-64-67-70-76(79)82-73-74(83-77(80)71-68-65-62-59-56-53-50-46-30-27-24-21-18-15-12-9-6-3)72-81-75(78)69-66-63-60-57-54-51-48-45-29-26-23-20-17-14-11-8-5-2/h8-9,11-12,17-18,20-21,26-27,29-32,50,53,74H,4-7,10,13-16,19,22-25,28,33-49,51-52,54-73H2,1-3H3/b11-8-,12-9-,20-17-,21-18-,29-26-,30-27-,32-31-,53-50-. The van der Waals surface area contributed by atoms with Gasteiger partial charge in [0.2, 0.25) is 0 Å². The molecule has 0 aliphatic heterocycles. The average molecular weight is 1160 g/mol. The number of esters is 3. The molecule has 0 heterocycles. The molecule has 478 valence electrons. The van der Waals surface area contributed by atoms with Crippen LogP contribution in [-0.4, -0.2) is 37.2 Å². The lowest BCUT2D eigenvalue weighted by atomic mass is 10.0. The predicted octanol–water partition coefficient (Wildman–Crippen LogP) is 24.8. The van der Waals surface area contributed by atoms with Crippen LogP contribution in [-0.2, 0) is 28.6 Å². The van der Waals surface area contributed by atoms with Crippen molar-refractivity contribution in [1.29, 1.82) is 0 Å². The monoisotopic (exact) mass is 1160 g/mol. The molecule has 6 nitrogen and oxygen atoms in total. The summed E-state index contributed by atoms with van der Waals surface area (Å²) in [6.45, 7) is 6.43. The third kappa shape index (κ3) is 69.0. The van der Waals surface area contributed by atoms with Crippen molar-refractivity contribution in [3.63, 3.8) is 0 Å². The quantitative estimate of drug-likeness (QED) is 0.0261. The molecule has 0 amide bonds. The summed E-state index contributed by atoms with van der Waals surface area (Å²) in [4.78, 5) is 38.4. The Bertz CT molecular complexity index is 1610. The van der Waals surface area contributed by atoms with Gasteiger partial charge in [-0.1, -0.05) is 317 Å². The van der Waals surface area contributed by atoms with Gasteiger partial charge < -0.3 is 14.2 Å². The van der Waals surface area contributed by atoms with Crippen molar-refractivity contribution >= 4 is 17.9 Å². The molecule has 0 spiro atoms. The first-order valence-electron chi connectivity index (χ1n) is 35.7. The maximum absolute atomic E-state index is 12.9. The Balaban J connectivity index is 4.25. The molecule has 83 heavy (non-hydrogen) atoms. The summed E-state index contributed by atoms with van der Waals surface area (Å²) in [5.41, 5.74) is 0. The number of ether oxygens (including phenoxy) is 3. The minimum absolute atomic E-state index is 0.0887. The van der Waals surface area contributed by atoms with Crippen LogP contribution in [0.3, 0.4) is 0 Å². The van der Waals surface area contributed by atoms with Crippen LogP contribution in [0.25, 0.3) is 0 Å². The number of unbranched alkanes of at least 4 members (excludes halogenated alkanes) is 38. The normalized spacial score (nSPS) is 12.7. The van der Waals surface area contributed by atoms with E-state index in [0.717, 1.165) is 122 Å². The van der Waals surface area contributed by atoms with Crippen molar-refractivity contribution in [2.45, 2.75) is 361 Å². The van der Waals surface area contributed by atoms with Gasteiger partial charge in [0, 0.05) is 19.3 Å². The van der Waals surface area contributed by atoms with Crippen molar-refractivity contribution < 1.29 is 28.6 Å². The third-order valence-electron chi connectivity index (χ3n) is 15.6. The second-order valence-corrected chi connectivity index (χ2v) is 23.7. The van der Waals surface area contributed by atoms with Gasteiger partial charge in [-0.15, -0.1) is 0 Å². The lowest BCUT2D eigenvalue weighted by Crippen LogP contribution is -2.30. The van der Waals surface area contributed by atoms with E-state index in [4.69, 9.17) is 14.2 Å². The first-order valence-corrected chi connectivity index (χ1v) is 35.7. The van der Waals surface area contributed by atoms with E-state index >= 15 is 0 Å².